The van der Waals surface area contributed by atoms with Crippen molar-refractivity contribution >= 4 is 34.3 Å². The number of nitrogens with zero attached hydrogens (tertiary/aromatic N) is 5. The van der Waals surface area contributed by atoms with Gasteiger partial charge in [-0.05, 0) is 74.8 Å². The Labute approximate surface area is 209 Å². The highest BCUT2D eigenvalue weighted by Gasteiger charge is 2.26. The molecule has 0 atom stereocenters. The zero-order valence-electron chi connectivity index (χ0n) is 20.7. The molecule has 1 fully saturated rings. The van der Waals surface area contributed by atoms with Crippen LogP contribution in [0.15, 0.2) is 52.4 Å². The second kappa shape index (κ2) is 9.49. The number of rotatable bonds is 5. The quantitative estimate of drug-likeness (QED) is 0.377. The molecule has 7 nitrogen and oxygen atoms in total. The van der Waals surface area contributed by atoms with Gasteiger partial charge >= 0.3 is 0 Å². The van der Waals surface area contributed by atoms with E-state index in [1.807, 2.05) is 72.7 Å². The lowest BCUT2D eigenvalue weighted by atomic mass is 9.87. The number of amides is 1. The van der Waals surface area contributed by atoms with Gasteiger partial charge in [-0.3, -0.25) is 14.0 Å². The first-order valence-corrected chi connectivity index (χ1v) is 13.2. The predicted molar refractivity (Wildman–Crippen MR) is 140 cm³/mol. The van der Waals surface area contributed by atoms with E-state index in [1.54, 1.807) is 4.57 Å². The Morgan fingerprint density at radius 2 is 1.80 bits per heavy atom. The van der Waals surface area contributed by atoms with Crippen LogP contribution in [0.25, 0.3) is 22.4 Å². The first kappa shape index (κ1) is 23.6. The molecule has 0 aliphatic heterocycles. The van der Waals surface area contributed by atoms with Crippen LogP contribution in [0.3, 0.4) is 0 Å². The van der Waals surface area contributed by atoms with Crippen molar-refractivity contribution in [1.82, 2.24) is 24.1 Å². The average Bonchev–Trinajstić information content (AvgIpc) is 3.29. The van der Waals surface area contributed by atoms with E-state index in [4.69, 9.17) is 0 Å². The highest BCUT2D eigenvalue weighted by Crippen LogP contribution is 2.28. The van der Waals surface area contributed by atoms with E-state index in [0.717, 1.165) is 41.1 Å². The van der Waals surface area contributed by atoms with Gasteiger partial charge < -0.3 is 4.90 Å². The van der Waals surface area contributed by atoms with Crippen LogP contribution < -0.4 is 5.56 Å². The summed E-state index contributed by atoms with van der Waals surface area (Å²) in [6.45, 7) is 6.32. The van der Waals surface area contributed by atoms with E-state index in [0.29, 0.717) is 22.4 Å². The fraction of sp³-hybridized carbons (Fsp3) is 0.407. The molecule has 8 heteroatoms. The van der Waals surface area contributed by atoms with E-state index in [1.165, 1.54) is 24.6 Å². The van der Waals surface area contributed by atoms with E-state index >= 15 is 0 Å². The molecule has 0 radical (unpaired) electrons. The maximum atomic E-state index is 13.6. The van der Waals surface area contributed by atoms with Gasteiger partial charge in [0.05, 0.1) is 22.3 Å². The highest BCUT2D eigenvalue weighted by atomic mass is 32.2. The molecule has 2 aromatic heterocycles. The van der Waals surface area contributed by atoms with Crippen LogP contribution in [0.2, 0.25) is 0 Å². The fourth-order valence-electron chi connectivity index (χ4n) is 5.03. The topological polar surface area (TPSA) is 72.5 Å². The van der Waals surface area contributed by atoms with Gasteiger partial charge in [-0.25, -0.2) is 4.57 Å². The number of carbonyl (C=O) groups is 1. The number of hydrogen-bond donors (Lipinski definition) is 0. The number of benzene rings is 2. The number of thioether (sulfide) groups is 1. The molecule has 182 valence electrons. The molecule has 0 unspecified atom stereocenters. The Kier molecular flexibility index (Phi) is 6.40. The van der Waals surface area contributed by atoms with Crippen molar-refractivity contribution in [3.8, 4) is 5.69 Å². The Balaban J connectivity index is 1.53. The van der Waals surface area contributed by atoms with Crippen molar-refractivity contribution in [2.45, 2.75) is 57.7 Å². The van der Waals surface area contributed by atoms with Crippen LogP contribution in [0.4, 0.5) is 0 Å². The second-order valence-electron chi connectivity index (χ2n) is 9.70. The molecule has 4 aromatic rings. The van der Waals surface area contributed by atoms with Crippen molar-refractivity contribution in [2.75, 3.05) is 12.8 Å². The highest BCUT2D eigenvalue weighted by molar-refractivity contribution is 7.99. The first-order valence-electron chi connectivity index (χ1n) is 12.2. The lowest BCUT2D eigenvalue weighted by Crippen LogP contribution is -2.40. The summed E-state index contributed by atoms with van der Waals surface area (Å²) in [6, 6.07) is 13.7. The zero-order chi connectivity index (χ0) is 24.7. The van der Waals surface area contributed by atoms with Gasteiger partial charge in [0.1, 0.15) is 0 Å². The van der Waals surface area contributed by atoms with Gasteiger partial charge in [0.2, 0.25) is 11.7 Å². The summed E-state index contributed by atoms with van der Waals surface area (Å²) >= 11 is 1.37. The summed E-state index contributed by atoms with van der Waals surface area (Å²) in [5.41, 5.74) is 3.51. The van der Waals surface area contributed by atoms with Crippen LogP contribution in [0, 0.1) is 19.8 Å². The molecule has 5 rings (SSSR count). The summed E-state index contributed by atoms with van der Waals surface area (Å²) in [5.74, 6) is 1.57. The Morgan fingerprint density at radius 1 is 1.06 bits per heavy atom. The number of carbonyl (C=O) groups excluding carboxylic acids is 1. The number of para-hydroxylation sites is 1. The Bertz CT molecular complexity index is 1470. The van der Waals surface area contributed by atoms with E-state index in [2.05, 4.69) is 17.1 Å². The normalized spacial score (nSPS) is 18.3. The number of aryl methyl sites for hydroxylation is 1. The fourth-order valence-corrected chi connectivity index (χ4v) is 5.89. The van der Waals surface area contributed by atoms with Crippen LogP contribution in [-0.4, -0.2) is 48.8 Å². The van der Waals surface area contributed by atoms with Gasteiger partial charge in [0.15, 0.2) is 5.16 Å². The molecule has 0 spiro atoms. The van der Waals surface area contributed by atoms with Crippen LogP contribution >= 0.6 is 11.8 Å². The molecular weight excluding hydrogens is 458 g/mol. The second-order valence-corrected chi connectivity index (χ2v) is 10.6. The minimum Gasteiger partial charge on any atom is -0.342 e. The number of fused-ring (bicyclic) bond motifs is 3. The van der Waals surface area contributed by atoms with E-state index in [9.17, 15) is 9.59 Å². The lowest BCUT2D eigenvalue weighted by Gasteiger charge is -2.33. The third kappa shape index (κ3) is 4.24. The number of aromatic nitrogens is 4. The van der Waals surface area contributed by atoms with Crippen molar-refractivity contribution in [2.24, 2.45) is 5.92 Å². The van der Waals surface area contributed by atoms with Crippen molar-refractivity contribution in [1.29, 1.82) is 0 Å². The number of hydrogen-bond acceptors (Lipinski definition) is 5. The molecule has 2 aromatic carbocycles. The largest absolute Gasteiger partial charge is 0.342 e. The molecule has 1 amide bonds. The van der Waals surface area contributed by atoms with Crippen molar-refractivity contribution in [3.05, 3.63) is 63.9 Å². The van der Waals surface area contributed by atoms with Crippen LogP contribution in [0.1, 0.15) is 43.7 Å². The Hall–Kier alpha value is -3.13. The summed E-state index contributed by atoms with van der Waals surface area (Å²) in [4.78, 5) is 28.5. The Morgan fingerprint density at radius 3 is 2.57 bits per heavy atom. The summed E-state index contributed by atoms with van der Waals surface area (Å²) in [7, 11) is 1.92. The van der Waals surface area contributed by atoms with Gasteiger partial charge in [-0.15, -0.1) is 10.2 Å². The third-order valence-electron chi connectivity index (χ3n) is 7.46. The smallest absolute Gasteiger partial charge is 0.267 e. The standard InChI is InChI=1S/C27H31N5O2S/c1-17-12-14-20(15-13-17)30(4)24(33)16-35-27-29-28-26-31(22-11-7-8-18(2)19(22)3)25(34)21-9-5-6-10-23(21)32(26)27/h5-11,17,20H,12-16H2,1-4H3. The molecule has 0 saturated heterocycles. The molecule has 0 bridgehead atoms. The predicted octanol–water partition coefficient (Wildman–Crippen LogP) is 4.78. The lowest BCUT2D eigenvalue weighted by molar-refractivity contribution is -0.129. The van der Waals surface area contributed by atoms with Gasteiger partial charge in [-0.2, -0.15) is 0 Å². The molecule has 35 heavy (non-hydrogen) atoms. The SMILES string of the molecule is Cc1cccc(-n2c(=O)c3ccccc3n3c(SCC(=O)N(C)C4CCC(C)CC4)nnc23)c1C. The summed E-state index contributed by atoms with van der Waals surface area (Å²) < 4.78 is 3.54. The van der Waals surface area contributed by atoms with Crippen LogP contribution in [-0.2, 0) is 4.79 Å². The first-order chi connectivity index (χ1) is 16.9. The molecular formula is C27H31N5O2S. The van der Waals surface area contributed by atoms with Gasteiger partial charge in [-0.1, -0.05) is 43.0 Å². The minimum absolute atomic E-state index is 0.0958. The molecule has 1 aliphatic rings. The maximum Gasteiger partial charge on any atom is 0.267 e. The third-order valence-corrected chi connectivity index (χ3v) is 8.38. The summed E-state index contributed by atoms with van der Waals surface area (Å²) in [6.07, 6.45) is 4.47. The average molecular weight is 490 g/mol. The molecule has 0 N–H and O–H groups in total. The van der Waals surface area contributed by atoms with E-state index < -0.39 is 0 Å². The van der Waals surface area contributed by atoms with Crippen molar-refractivity contribution < 1.29 is 4.79 Å². The maximum absolute atomic E-state index is 13.6. The minimum atomic E-state index is -0.131. The molecule has 1 saturated carbocycles. The zero-order valence-corrected chi connectivity index (χ0v) is 21.5. The molecule has 1 aliphatic carbocycles. The molecule has 2 heterocycles. The van der Waals surface area contributed by atoms with Crippen molar-refractivity contribution in [3.63, 3.8) is 0 Å². The van der Waals surface area contributed by atoms with E-state index in [-0.39, 0.29) is 17.2 Å². The monoisotopic (exact) mass is 489 g/mol. The van der Waals surface area contributed by atoms with Crippen LogP contribution in [0.5, 0.6) is 0 Å². The summed E-state index contributed by atoms with van der Waals surface area (Å²) in [5, 5.41) is 10.0. The van der Waals surface area contributed by atoms with Gasteiger partial charge in [0.25, 0.3) is 5.56 Å². The van der Waals surface area contributed by atoms with Gasteiger partial charge in [0, 0.05) is 13.1 Å².